The Morgan fingerprint density at radius 1 is 0.968 bits per heavy atom. The van der Waals surface area contributed by atoms with Crippen molar-refractivity contribution in [3.63, 3.8) is 0 Å². The molecule has 160 valence electrons. The minimum absolute atomic E-state index is 0.0213. The van der Waals surface area contributed by atoms with Crippen LogP contribution >= 0.6 is 7.53 Å². The average Bonchev–Trinajstić information content (AvgIpc) is 2.77. The van der Waals surface area contributed by atoms with Gasteiger partial charge in [0.1, 0.15) is 5.82 Å². The second-order valence-electron chi connectivity index (χ2n) is 7.06. The van der Waals surface area contributed by atoms with Crippen LogP contribution < -0.4 is 16.0 Å². The smallest absolute Gasteiger partial charge is 0.252 e. The third kappa shape index (κ3) is 4.78. The number of nitrogens with zero attached hydrogens (tertiary/aromatic N) is 1. The normalized spacial score (nSPS) is 11.1. The summed E-state index contributed by atoms with van der Waals surface area (Å²) >= 11 is 0. The molecule has 0 spiro atoms. The van der Waals surface area contributed by atoms with Crippen molar-refractivity contribution in [2.45, 2.75) is 26.9 Å². The van der Waals surface area contributed by atoms with E-state index in [9.17, 15) is 14.0 Å². The topological polar surface area (TPSA) is 51.1 Å². The molecule has 1 N–H and O–H groups in total. The fourth-order valence-corrected chi connectivity index (χ4v) is 5.21. The number of benzene rings is 2. The molecule has 0 aliphatic carbocycles. The van der Waals surface area contributed by atoms with Gasteiger partial charge in [-0.1, -0.05) is 57.8 Å². The molecule has 0 bridgehead atoms. The van der Waals surface area contributed by atoms with Crippen LogP contribution in [0.15, 0.2) is 76.1 Å². The summed E-state index contributed by atoms with van der Waals surface area (Å²) in [6.45, 7) is 5.80. The molecule has 0 saturated heterocycles. The van der Waals surface area contributed by atoms with E-state index < -0.39 is 13.4 Å². The van der Waals surface area contributed by atoms with Gasteiger partial charge in [0, 0.05) is 19.3 Å². The molecule has 0 amide bonds. The molecule has 1 unspecified atom stereocenters. The molecule has 4 aromatic rings. The van der Waals surface area contributed by atoms with E-state index in [1.54, 1.807) is 26.1 Å². The molecular weight excluding hydrogens is 410 g/mol. The molecule has 2 aromatic heterocycles. The molecule has 0 aliphatic rings. The van der Waals surface area contributed by atoms with E-state index in [1.807, 2.05) is 56.0 Å². The molecule has 0 aliphatic heterocycles. The number of anilines is 2. The fraction of sp³-hybridized carbons (Fsp3) is 0.200. The predicted molar refractivity (Wildman–Crippen MR) is 129 cm³/mol. The van der Waals surface area contributed by atoms with E-state index in [0.29, 0.717) is 22.8 Å². The molecule has 0 fully saturated rings. The number of pyridine rings is 1. The van der Waals surface area contributed by atoms with Crippen LogP contribution in [-0.2, 0) is 13.2 Å². The lowest BCUT2D eigenvalue weighted by Crippen LogP contribution is -2.19. The summed E-state index contributed by atoms with van der Waals surface area (Å²) in [4.78, 5) is 25.8. The first-order valence-electron chi connectivity index (χ1n) is 10.2. The highest BCUT2D eigenvalue weighted by atomic mass is 31.1. The standard InChI is InChI=1S/C23H20FN2O2P.C2H6/c1-15-8-9-18(17(24)12-15)25-19-13-21(27)26(2)20-10-11-29(23(28)22(19)20)14-16-6-4-3-5-7-16;1-2/h3-13,25H,14H2,1-2H3;1-2H3. The van der Waals surface area contributed by atoms with Crippen LogP contribution in [0.2, 0.25) is 0 Å². The predicted octanol–water partition coefficient (Wildman–Crippen LogP) is 6.15. The maximum absolute atomic E-state index is 14.4. The van der Waals surface area contributed by atoms with Gasteiger partial charge in [-0.15, -0.1) is 0 Å². The maximum Gasteiger partial charge on any atom is 0.252 e. The summed E-state index contributed by atoms with van der Waals surface area (Å²) in [6, 6.07) is 17.9. The van der Waals surface area contributed by atoms with Gasteiger partial charge in [0.15, 0.2) is 0 Å². The van der Waals surface area contributed by atoms with Gasteiger partial charge in [-0.3, -0.25) is 9.59 Å². The maximum atomic E-state index is 14.4. The Labute approximate surface area is 182 Å². The molecule has 0 saturated carbocycles. The van der Waals surface area contributed by atoms with Crippen molar-refractivity contribution >= 4 is 29.8 Å². The van der Waals surface area contributed by atoms with Crippen LogP contribution in [0.25, 0.3) is 10.9 Å². The van der Waals surface area contributed by atoms with Crippen LogP contribution in [-0.4, -0.2) is 4.57 Å². The quantitative estimate of drug-likeness (QED) is 0.417. The van der Waals surface area contributed by atoms with E-state index in [2.05, 4.69) is 5.32 Å². The number of nitrogens with one attached hydrogen (secondary N) is 1. The van der Waals surface area contributed by atoms with E-state index in [4.69, 9.17) is 0 Å². The van der Waals surface area contributed by atoms with Gasteiger partial charge in [-0.25, -0.2) is 4.39 Å². The molecular formula is C25H26FN2O2P. The lowest BCUT2D eigenvalue weighted by atomic mass is 10.2. The first kappa shape index (κ1) is 22.5. The van der Waals surface area contributed by atoms with E-state index in [0.717, 1.165) is 11.1 Å². The van der Waals surface area contributed by atoms with Crippen molar-refractivity contribution in [3.05, 3.63) is 104 Å². The Balaban J connectivity index is 0.00000132. The number of hydrogen-bond donors (Lipinski definition) is 1. The summed E-state index contributed by atoms with van der Waals surface area (Å²) in [6.07, 6.45) is 0.631. The van der Waals surface area contributed by atoms with Gasteiger partial charge < -0.3 is 9.88 Å². The van der Waals surface area contributed by atoms with E-state index in [-0.39, 0.29) is 16.4 Å². The zero-order valence-corrected chi connectivity index (χ0v) is 19.0. The lowest BCUT2D eigenvalue weighted by molar-refractivity contribution is 0.631. The van der Waals surface area contributed by atoms with Gasteiger partial charge >= 0.3 is 0 Å². The minimum Gasteiger partial charge on any atom is -0.352 e. The number of fused-ring (bicyclic) bond motifs is 1. The first-order chi connectivity index (χ1) is 14.9. The molecule has 4 rings (SSSR count). The van der Waals surface area contributed by atoms with Crippen LogP contribution in [0.3, 0.4) is 0 Å². The zero-order valence-electron chi connectivity index (χ0n) is 18.1. The van der Waals surface area contributed by atoms with Gasteiger partial charge in [0.2, 0.25) is 5.16 Å². The molecule has 2 heterocycles. The molecule has 4 nitrogen and oxygen atoms in total. The Morgan fingerprint density at radius 2 is 1.68 bits per heavy atom. The fourth-order valence-electron chi connectivity index (χ4n) is 3.38. The van der Waals surface area contributed by atoms with Gasteiger partial charge in [0.25, 0.3) is 5.56 Å². The molecule has 1 atom stereocenters. The highest BCUT2D eigenvalue weighted by Gasteiger charge is 2.14. The van der Waals surface area contributed by atoms with Gasteiger partial charge in [0.05, 0.1) is 22.3 Å². The van der Waals surface area contributed by atoms with Gasteiger partial charge in [-0.2, -0.15) is 0 Å². The minimum atomic E-state index is -1.09. The van der Waals surface area contributed by atoms with Crippen molar-refractivity contribution in [2.75, 3.05) is 5.32 Å². The number of hydrogen-bond acceptors (Lipinski definition) is 3. The second kappa shape index (κ2) is 9.76. The van der Waals surface area contributed by atoms with Crippen LogP contribution in [0, 0.1) is 12.7 Å². The summed E-state index contributed by atoms with van der Waals surface area (Å²) in [5.41, 5.74) is 2.75. The molecule has 6 heteroatoms. The van der Waals surface area contributed by atoms with Crippen LogP contribution in [0.1, 0.15) is 25.0 Å². The third-order valence-corrected chi connectivity index (χ3v) is 6.92. The van der Waals surface area contributed by atoms with Crippen LogP contribution in [0.4, 0.5) is 15.8 Å². The summed E-state index contributed by atoms with van der Waals surface area (Å²) in [5.74, 6) is 1.48. The van der Waals surface area contributed by atoms with Crippen molar-refractivity contribution in [3.8, 4) is 0 Å². The number of aromatic nitrogens is 1. The lowest BCUT2D eigenvalue weighted by Gasteiger charge is -2.14. The number of aryl methyl sites for hydroxylation is 2. The van der Waals surface area contributed by atoms with E-state index >= 15 is 0 Å². The van der Waals surface area contributed by atoms with Crippen molar-refractivity contribution in [2.24, 2.45) is 7.05 Å². The second-order valence-corrected chi connectivity index (χ2v) is 9.02. The Kier molecular flexibility index (Phi) is 7.09. The van der Waals surface area contributed by atoms with Crippen molar-refractivity contribution in [1.82, 2.24) is 4.57 Å². The Hall–Kier alpha value is -3.17. The largest absolute Gasteiger partial charge is 0.352 e. The SMILES string of the molecule is CC.Cc1ccc(Nc2cc(=O)n(C)c3ccp(Cc4ccccc4)c(=O)c23)c(F)c1. The Bertz CT molecular complexity index is 1330. The molecule has 2 aromatic carbocycles. The first-order valence-corrected chi connectivity index (χ1v) is 11.8. The van der Waals surface area contributed by atoms with Gasteiger partial charge in [-0.05, 0) is 42.0 Å². The Morgan fingerprint density at radius 3 is 2.35 bits per heavy atom. The van der Waals surface area contributed by atoms with Crippen LogP contribution in [0.5, 0.6) is 0 Å². The summed E-state index contributed by atoms with van der Waals surface area (Å²) < 4.78 is 15.8. The van der Waals surface area contributed by atoms with Crippen molar-refractivity contribution < 1.29 is 4.39 Å². The third-order valence-electron chi connectivity index (χ3n) is 4.96. The summed E-state index contributed by atoms with van der Waals surface area (Å²) in [5, 5.41) is 3.40. The molecule has 31 heavy (non-hydrogen) atoms. The average molecular weight is 436 g/mol. The number of rotatable bonds is 4. The highest BCUT2D eigenvalue weighted by molar-refractivity contribution is 7.47. The zero-order chi connectivity index (χ0) is 22.5. The molecule has 0 radical (unpaired) electrons. The van der Waals surface area contributed by atoms with E-state index in [1.165, 1.54) is 16.7 Å². The monoisotopic (exact) mass is 436 g/mol. The number of halogens is 1. The van der Waals surface area contributed by atoms with Crippen molar-refractivity contribution in [1.29, 1.82) is 0 Å². The summed E-state index contributed by atoms with van der Waals surface area (Å²) in [7, 11) is 0.549. The highest BCUT2D eigenvalue weighted by Crippen LogP contribution is 2.32.